The minimum atomic E-state index is -0.274. The van der Waals surface area contributed by atoms with Crippen LogP contribution in [0.3, 0.4) is 0 Å². The number of carbonyl (C=O) groups is 1. The largest absolute Gasteiger partial charge is 0.290 e. The van der Waals surface area contributed by atoms with Gasteiger partial charge in [0.15, 0.2) is 5.16 Å². The van der Waals surface area contributed by atoms with Gasteiger partial charge in [-0.2, -0.15) is 5.10 Å². The van der Waals surface area contributed by atoms with Crippen LogP contribution >= 0.6 is 23.4 Å². The number of benzene rings is 2. The summed E-state index contributed by atoms with van der Waals surface area (Å²) in [6.45, 7) is 4.47. The van der Waals surface area contributed by atoms with Gasteiger partial charge in [0, 0.05) is 17.3 Å². The van der Waals surface area contributed by atoms with Gasteiger partial charge < -0.3 is 0 Å². The van der Waals surface area contributed by atoms with Gasteiger partial charge in [-0.25, -0.2) is 4.68 Å². The van der Waals surface area contributed by atoms with Gasteiger partial charge in [0.1, 0.15) is 0 Å². The van der Waals surface area contributed by atoms with Crippen molar-refractivity contribution in [2.24, 2.45) is 0 Å². The lowest BCUT2D eigenvalue weighted by molar-refractivity contribution is 0.102. The molecule has 0 spiro atoms. The third-order valence-electron chi connectivity index (χ3n) is 4.83. The van der Waals surface area contributed by atoms with Crippen molar-refractivity contribution in [2.45, 2.75) is 31.3 Å². The lowest BCUT2D eigenvalue weighted by atomic mass is 10.2. The van der Waals surface area contributed by atoms with Crippen LogP contribution in [0.1, 0.15) is 28.5 Å². The quantitative estimate of drug-likeness (QED) is 0.399. The van der Waals surface area contributed by atoms with E-state index in [2.05, 4.69) is 20.6 Å². The van der Waals surface area contributed by atoms with E-state index in [-0.39, 0.29) is 5.91 Å². The maximum Gasteiger partial charge on any atom is 0.261 e. The Morgan fingerprint density at radius 3 is 2.58 bits per heavy atom. The average molecular weight is 453 g/mol. The number of para-hydroxylation sites is 1. The molecule has 1 amide bonds. The molecule has 0 saturated carbocycles. The standard InChI is InChI=1S/C22H21ClN6OS/c1-3-28-21(26-27-22(28)31-14-16-9-7-8-12-19(16)23)25-20(30)18-13-24-29(15(18)2)17-10-5-4-6-11-17/h4-13H,3,14H2,1-2H3,(H,25,26,30). The van der Waals surface area contributed by atoms with E-state index in [1.54, 1.807) is 10.9 Å². The Kier molecular flexibility index (Phi) is 6.39. The fourth-order valence-electron chi connectivity index (χ4n) is 3.16. The maximum absolute atomic E-state index is 12.9. The fourth-order valence-corrected chi connectivity index (χ4v) is 4.45. The van der Waals surface area contributed by atoms with E-state index in [4.69, 9.17) is 11.6 Å². The first-order chi connectivity index (χ1) is 15.1. The molecular weight excluding hydrogens is 432 g/mol. The van der Waals surface area contributed by atoms with Gasteiger partial charge in [-0.3, -0.25) is 14.7 Å². The smallest absolute Gasteiger partial charge is 0.261 e. The van der Waals surface area contributed by atoms with E-state index < -0.39 is 0 Å². The van der Waals surface area contributed by atoms with Gasteiger partial charge in [-0.1, -0.05) is 59.8 Å². The Bertz CT molecular complexity index is 1200. The second-order valence-electron chi connectivity index (χ2n) is 6.78. The van der Waals surface area contributed by atoms with Crippen molar-refractivity contribution >= 4 is 35.2 Å². The normalized spacial score (nSPS) is 10.9. The minimum absolute atomic E-state index is 0.274. The molecule has 1 N–H and O–H groups in total. The van der Waals surface area contributed by atoms with Crippen LogP contribution in [-0.4, -0.2) is 30.5 Å². The summed E-state index contributed by atoms with van der Waals surface area (Å²) in [5, 5.41) is 17.1. The average Bonchev–Trinajstić information content (AvgIpc) is 3.36. The lowest BCUT2D eigenvalue weighted by Gasteiger charge is -2.09. The summed E-state index contributed by atoms with van der Waals surface area (Å²) in [6.07, 6.45) is 1.57. The molecule has 31 heavy (non-hydrogen) atoms. The van der Waals surface area contributed by atoms with Crippen LogP contribution in [0.5, 0.6) is 0 Å². The van der Waals surface area contributed by atoms with E-state index >= 15 is 0 Å². The zero-order valence-corrected chi connectivity index (χ0v) is 18.7. The number of anilines is 1. The molecule has 0 aliphatic carbocycles. The highest BCUT2D eigenvalue weighted by Gasteiger charge is 2.19. The Morgan fingerprint density at radius 1 is 1.10 bits per heavy atom. The molecule has 0 unspecified atom stereocenters. The predicted octanol–water partition coefficient (Wildman–Crippen LogP) is 4.99. The van der Waals surface area contributed by atoms with Crippen LogP contribution in [-0.2, 0) is 12.3 Å². The van der Waals surface area contributed by atoms with Crippen LogP contribution in [0, 0.1) is 6.92 Å². The molecule has 158 valence electrons. The lowest BCUT2D eigenvalue weighted by Crippen LogP contribution is -2.17. The van der Waals surface area contributed by atoms with E-state index in [9.17, 15) is 4.79 Å². The summed E-state index contributed by atoms with van der Waals surface area (Å²) in [5.74, 6) is 0.791. The van der Waals surface area contributed by atoms with Crippen molar-refractivity contribution < 1.29 is 4.79 Å². The highest BCUT2D eigenvalue weighted by atomic mass is 35.5. The Balaban J connectivity index is 1.50. The van der Waals surface area contributed by atoms with Gasteiger partial charge in [0.2, 0.25) is 5.95 Å². The van der Waals surface area contributed by atoms with Gasteiger partial charge in [-0.15, -0.1) is 10.2 Å². The van der Waals surface area contributed by atoms with Crippen molar-refractivity contribution in [2.75, 3.05) is 5.32 Å². The molecule has 0 aliphatic rings. The Hall–Kier alpha value is -3.10. The number of nitrogens with one attached hydrogen (secondary N) is 1. The zero-order valence-electron chi connectivity index (χ0n) is 17.1. The van der Waals surface area contributed by atoms with Gasteiger partial charge in [0.05, 0.1) is 23.1 Å². The van der Waals surface area contributed by atoms with Crippen molar-refractivity contribution in [3.8, 4) is 5.69 Å². The summed E-state index contributed by atoms with van der Waals surface area (Å²) in [5.41, 5.74) is 3.16. The molecule has 4 rings (SSSR count). The Morgan fingerprint density at radius 2 is 1.84 bits per heavy atom. The summed E-state index contributed by atoms with van der Waals surface area (Å²) in [4.78, 5) is 12.9. The first kappa shape index (κ1) is 21.1. The SMILES string of the molecule is CCn1c(NC(=O)c2cnn(-c3ccccc3)c2C)nnc1SCc1ccccc1Cl. The predicted molar refractivity (Wildman–Crippen MR) is 123 cm³/mol. The van der Waals surface area contributed by atoms with Crippen LogP contribution in [0.4, 0.5) is 5.95 Å². The van der Waals surface area contributed by atoms with E-state index in [1.165, 1.54) is 11.8 Å². The number of hydrogen-bond donors (Lipinski definition) is 1. The van der Waals surface area contributed by atoms with Crippen LogP contribution in [0.25, 0.3) is 5.69 Å². The molecule has 4 aromatic rings. The summed E-state index contributed by atoms with van der Waals surface area (Å²) < 4.78 is 3.61. The maximum atomic E-state index is 12.9. The second kappa shape index (κ2) is 9.36. The number of halogens is 1. The number of amides is 1. The number of thioether (sulfide) groups is 1. The highest BCUT2D eigenvalue weighted by molar-refractivity contribution is 7.98. The number of nitrogens with zero attached hydrogens (tertiary/aromatic N) is 5. The first-order valence-corrected chi connectivity index (χ1v) is 11.2. The number of aromatic nitrogens is 5. The topological polar surface area (TPSA) is 77.6 Å². The van der Waals surface area contributed by atoms with Gasteiger partial charge >= 0.3 is 0 Å². The monoisotopic (exact) mass is 452 g/mol. The summed E-state index contributed by atoms with van der Waals surface area (Å²) >= 11 is 7.77. The van der Waals surface area contributed by atoms with E-state index in [0.717, 1.165) is 27.1 Å². The van der Waals surface area contributed by atoms with Gasteiger partial charge in [0.25, 0.3) is 5.91 Å². The van der Waals surface area contributed by atoms with Crippen molar-refractivity contribution in [3.05, 3.63) is 82.6 Å². The third kappa shape index (κ3) is 4.50. The van der Waals surface area contributed by atoms with Crippen LogP contribution in [0.2, 0.25) is 5.02 Å². The third-order valence-corrected chi connectivity index (χ3v) is 6.21. The molecule has 0 bridgehead atoms. The number of rotatable bonds is 7. The Labute approximate surface area is 189 Å². The fraction of sp³-hybridized carbons (Fsp3) is 0.182. The van der Waals surface area contributed by atoms with Crippen molar-refractivity contribution in [1.29, 1.82) is 0 Å². The molecule has 2 aromatic carbocycles. The van der Waals surface area contributed by atoms with Crippen molar-refractivity contribution in [3.63, 3.8) is 0 Å². The molecular formula is C22H21ClN6OS. The molecule has 0 radical (unpaired) electrons. The van der Waals surface area contributed by atoms with Crippen LogP contribution < -0.4 is 5.32 Å². The minimum Gasteiger partial charge on any atom is -0.290 e. The summed E-state index contributed by atoms with van der Waals surface area (Å²) in [6, 6.07) is 17.4. The molecule has 7 nitrogen and oxygen atoms in total. The molecule has 2 aromatic heterocycles. The molecule has 0 atom stereocenters. The first-order valence-electron chi connectivity index (χ1n) is 9.79. The second-order valence-corrected chi connectivity index (χ2v) is 8.13. The highest BCUT2D eigenvalue weighted by Crippen LogP contribution is 2.27. The molecule has 0 fully saturated rings. The number of carbonyl (C=O) groups excluding carboxylic acids is 1. The van der Waals surface area contributed by atoms with E-state index in [1.807, 2.05) is 73.0 Å². The molecule has 0 aliphatic heterocycles. The number of hydrogen-bond acceptors (Lipinski definition) is 5. The summed E-state index contributed by atoms with van der Waals surface area (Å²) in [7, 11) is 0. The zero-order chi connectivity index (χ0) is 21.8. The van der Waals surface area contributed by atoms with Gasteiger partial charge in [-0.05, 0) is 37.6 Å². The molecule has 0 saturated heterocycles. The molecule has 9 heteroatoms. The van der Waals surface area contributed by atoms with E-state index in [0.29, 0.717) is 23.8 Å². The van der Waals surface area contributed by atoms with Crippen LogP contribution in [0.15, 0.2) is 66.0 Å². The van der Waals surface area contributed by atoms with Crippen molar-refractivity contribution in [1.82, 2.24) is 24.5 Å². The molecule has 2 heterocycles.